The molecule has 1 aliphatic rings. The van der Waals surface area contributed by atoms with Gasteiger partial charge in [0.1, 0.15) is 0 Å². The Bertz CT molecular complexity index is 1070. The topological polar surface area (TPSA) is 91.3 Å². The van der Waals surface area contributed by atoms with E-state index >= 15 is 0 Å². The SMILES string of the molecule is O=S(=O)(c1ccccc1Br)N1CCN(c2ccc(Nc3ccncc3)nn2)CC1. The van der Waals surface area contributed by atoms with E-state index in [9.17, 15) is 8.42 Å². The van der Waals surface area contributed by atoms with Gasteiger partial charge < -0.3 is 10.2 Å². The lowest BCUT2D eigenvalue weighted by Gasteiger charge is -2.34. The summed E-state index contributed by atoms with van der Waals surface area (Å²) >= 11 is 3.33. The molecule has 10 heteroatoms. The van der Waals surface area contributed by atoms with Crippen LogP contribution in [0.1, 0.15) is 0 Å². The highest BCUT2D eigenvalue weighted by Gasteiger charge is 2.30. The molecule has 0 bridgehead atoms. The zero-order valence-corrected chi connectivity index (χ0v) is 17.8. The molecule has 0 atom stereocenters. The number of hydrogen-bond acceptors (Lipinski definition) is 7. The number of rotatable bonds is 5. The fourth-order valence-electron chi connectivity index (χ4n) is 3.09. The van der Waals surface area contributed by atoms with Gasteiger partial charge in [0, 0.05) is 48.7 Å². The van der Waals surface area contributed by atoms with Gasteiger partial charge in [-0.15, -0.1) is 10.2 Å². The molecule has 0 spiro atoms. The van der Waals surface area contributed by atoms with Crippen molar-refractivity contribution >= 4 is 43.3 Å². The van der Waals surface area contributed by atoms with E-state index in [-0.39, 0.29) is 0 Å². The zero-order valence-electron chi connectivity index (χ0n) is 15.4. The summed E-state index contributed by atoms with van der Waals surface area (Å²) in [5.41, 5.74) is 0.882. The van der Waals surface area contributed by atoms with Crippen molar-refractivity contribution < 1.29 is 8.42 Å². The summed E-state index contributed by atoms with van der Waals surface area (Å²) in [6, 6.07) is 14.3. The Morgan fingerprint density at radius 3 is 2.28 bits per heavy atom. The van der Waals surface area contributed by atoms with Crippen LogP contribution in [0, 0.1) is 0 Å². The third-order valence-corrected chi connectivity index (χ3v) is 7.53. The molecule has 1 aromatic carbocycles. The number of hydrogen-bond donors (Lipinski definition) is 1. The lowest BCUT2D eigenvalue weighted by Crippen LogP contribution is -2.49. The summed E-state index contributed by atoms with van der Waals surface area (Å²) in [5, 5.41) is 11.7. The highest BCUT2D eigenvalue weighted by atomic mass is 79.9. The molecule has 0 saturated carbocycles. The molecule has 4 rings (SSSR count). The van der Waals surface area contributed by atoms with Gasteiger partial charge in [0.15, 0.2) is 11.6 Å². The molecule has 29 heavy (non-hydrogen) atoms. The van der Waals surface area contributed by atoms with Crippen LogP contribution in [0.3, 0.4) is 0 Å². The van der Waals surface area contributed by atoms with Crippen LogP contribution in [0.5, 0.6) is 0 Å². The number of halogens is 1. The zero-order chi connectivity index (χ0) is 20.3. The number of benzene rings is 1. The summed E-state index contributed by atoms with van der Waals surface area (Å²) in [4.78, 5) is 6.31. The van der Waals surface area contributed by atoms with E-state index in [0.29, 0.717) is 41.4 Å². The maximum atomic E-state index is 12.9. The van der Waals surface area contributed by atoms with E-state index in [0.717, 1.165) is 11.5 Å². The van der Waals surface area contributed by atoms with Crippen LogP contribution in [0.25, 0.3) is 0 Å². The van der Waals surface area contributed by atoms with Gasteiger partial charge in [-0.2, -0.15) is 4.31 Å². The Morgan fingerprint density at radius 2 is 1.62 bits per heavy atom. The molecular weight excluding hydrogens is 456 g/mol. The van der Waals surface area contributed by atoms with E-state index in [1.165, 1.54) is 4.31 Å². The largest absolute Gasteiger partial charge is 0.352 e. The van der Waals surface area contributed by atoms with Crippen molar-refractivity contribution in [3.63, 3.8) is 0 Å². The molecule has 1 fully saturated rings. The Balaban J connectivity index is 1.40. The summed E-state index contributed by atoms with van der Waals surface area (Å²) in [7, 11) is -3.53. The molecule has 1 saturated heterocycles. The van der Waals surface area contributed by atoms with E-state index in [2.05, 4.69) is 36.4 Å². The molecule has 0 unspecified atom stereocenters. The molecule has 3 aromatic rings. The number of sulfonamides is 1. The van der Waals surface area contributed by atoms with Crippen molar-refractivity contribution in [2.45, 2.75) is 4.90 Å². The van der Waals surface area contributed by atoms with Gasteiger partial charge in [-0.25, -0.2) is 8.42 Å². The normalized spacial score (nSPS) is 15.3. The fraction of sp³-hybridized carbons (Fsp3) is 0.211. The monoisotopic (exact) mass is 474 g/mol. The lowest BCUT2D eigenvalue weighted by atomic mass is 10.3. The van der Waals surface area contributed by atoms with Crippen LogP contribution in [0.15, 0.2) is 70.3 Å². The molecule has 0 amide bonds. The third-order valence-electron chi connectivity index (χ3n) is 4.62. The molecule has 2 aromatic heterocycles. The summed E-state index contributed by atoms with van der Waals surface area (Å²) < 4.78 is 27.9. The molecule has 8 nitrogen and oxygen atoms in total. The van der Waals surface area contributed by atoms with Crippen LogP contribution >= 0.6 is 15.9 Å². The van der Waals surface area contributed by atoms with Crippen LogP contribution in [0.4, 0.5) is 17.3 Å². The first kappa shape index (κ1) is 19.7. The molecule has 3 heterocycles. The van der Waals surface area contributed by atoms with Crippen molar-refractivity contribution in [1.29, 1.82) is 0 Å². The van der Waals surface area contributed by atoms with E-state index in [4.69, 9.17) is 0 Å². The summed E-state index contributed by atoms with van der Waals surface area (Å²) in [5.74, 6) is 1.36. The fourth-order valence-corrected chi connectivity index (χ4v) is 5.48. The van der Waals surface area contributed by atoms with E-state index in [1.807, 2.05) is 29.2 Å². The Labute approximate surface area is 177 Å². The Kier molecular flexibility index (Phi) is 5.74. The van der Waals surface area contributed by atoms with Gasteiger partial charge in [0.2, 0.25) is 10.0 Å². The number of anilines is 3. The van der Waals surface area contributed by atoms with Gasteiger partial charge in [-0.3, -0.25) is 4.98 Å². The first-order chi connectivity index (χ1) is 14.0. The maximum Gasteiger partial charge on any atom is 0.244 e. The van der Waals surface area contributed by atoms with Crippen LogP contribution in [-0.4, -0.2) is 54.1 Å². The molecular formula is C19H19BrN6O2S. The standard InChI is InChI=1S/C19H19BrN6O2S/c20-16-3-1-2-4-17(16)29(27,28)26-13-11-25(12-14-26)19-6-5-18(23-24-19)22-15-7-9-21-10-8-15/h1-10H,11-14H2,(H,21,22,23). The van der Waals surface area contributed by atoms with Gasteiger partial charge in [-0.05, 0) is 52.3 Å². The minimum absolute atomic E-state index is 0.291. The highest BCUT2D eigenvalue weighted by Crippen LogP contribution is 2.26. The smallest absolute Gasteiger partial charge is 0.244 e. The van der Waals surface area contributed by atoms with Gasteiger partial charge in [-0.1, -0.05) is 12.1 Å². The van der Waals surface area contributed by atoms with Crippen LogP contribution < -0.4 is 10.2 Å². The van der Waals surface area contributed by atoms with Crippen molar-refractivity contribution in [2.24, 2.45) is 0 Å². The molecule has 150 valence electrons. The van der Waals surface area contributed by atoms with Crippen molar-refractivity contribution in [3.8, 4) is 0 Å². The predicted octanol–water partition coefficient (Wildman–Crippen LogP) is 2.89. The number of piperazine rings is 1. The minimum atomic E-state index is -3.53. The first-order valence-electron chi connectivity index (χ1n) is 9.04. The Morgan fingerprint density at radius 1 is 0.897 bits per heavy atom. The average Bonchev–Trinajstić information content (AvgIpc) is 2.75. The third kappa shape index (κ3) is 4.39. The van der Waals surface area contributed by atoms with Crippen molar-refractivity contribution in [2.75, 3.05) is 36.4 Å². The summed E-state index contributed by atoms with van der Waals surface area (Å²) in [6.45, 7) is 1.88. The minimum Gasteiger partial charge on any atom is -0.352 e. The van der Waals surface area contributed by atoms with Gasteiger partial charge in [0.05, 0.1) is 4.90 Å². The molecule has 0 aliphatic carbocycles. The van der Waals surface area contributed by atoms with Crippen molar-refractivity contribution in [1.82, 2.24) is 19.5 Å². The van der Waals surface area contributed by atoms with Gasteiger partial charge in [0.25, 0.3) is 0 Å². The first-order valence-corrected chi connectivity index (χ1v) is 11.3. The predicted molar refractivity (Wildman–Crippen MR) is 115 cm³/mol. The second-order valence-electron chi connectivity index (χ2n) is 6.46. The lowest BCUT2D eigenvalue weighted by molar-refractivity contribution is 0.383. The molecule has 1 N–H and O–H groups in total. The number of aromatic nitrogens is 3. The summed E-state index contributed by atoms with van der Waals surface area (Å²) in [6.07, 6.45) is 3.40. The number of nitrogens with one attached hydrogen (secondary N) is 1. The van der Waals surface area contributed by atoms with Gasteiger partial charge >= 0.3 is 0 Å². The highest BCUT2D eigenvalue weighted by molar-refractivity contribution is 9.10. The average molecular weight is 475 g/mol. The molecule has 1 aliphatic heterocycles. The second kappa shape index (κ2) is 8.44. The molecule has 0 radical (unpaired) electrons. The van der Waals surface area contributed by atoms with E-state index in [1.54, 1.807) is 36.7 Å². The van der Waals surface area contributed by atoms with Crippen LogP contribution in [0.2, 0.25) is 0 Å². The van der Waals surface area contributed by atoms with E-state index < -0.39 is 10.0 Å². The number of pyridine rings is 1. The van der Waals surface area contributed by atoms with Crippen molar-refractivity contribution in [3.05, 3.63) is 65.4 Å². The van der Waals surface area contributed by atoms with Crippen LogP contribution in [-0.2, 0) is 10.0 Å². The second-order valence-corrected chi connectivity index (χ2v) is 9.22. The Hall–Kier alpha value is -2.56. The maximum absolute atomic E-state index is 12.9. The quantitative estimate of drug-likeness (QED) is 0.607. The number of nitrogens with zero attached hydrogens (tertiary/aromatic N) is 5.